The maximum absolute atomic E-state index is 11.7. The van der Waals surface area contributed by atoms with Crippen molar-refractivity contribution in [1.29, 1.82) is 0 Å². The molecule has 0 radical (unpaired) electrons. The predicted octanol–water partition coefficient (Wildman–Crippen LogP) is 1.23. The maximum atomic E-state index is 11.7. The van der Waals surface area contributed by atoms with E-state index in [0.29, 0.717) is 4.90 Å². The fraction of sp³-hybridized carbons (Fsp3) is 0.250. The third kappa shape index (κ3) is 2.24. The number of thioether (sulfide) groups is 1. The van der Waals surface area contributed by atoms with E-state index in [1.54, 1.807) is 18.2 Å². The number of imide groups is 1. The number of benzene rings is 1. The Kier molecular flexibility index (Phi) is 3.38. The van der Waals surface area contributed by atoms with Crippen molar-refractivity contribution in [3.05, 3.63) is 29.8 Å². The Balaban J connectivity index is 2.23. The molecule has 0 spiro atoms. The maximum Gasteiger partial charge on any atom is 0.336 e. The Labute approximate surface area is 108 Å². The summed E-state index contributed by atoms with van der Waals surface area (Å²) < 4.78 is 0. The van der Waals surface area contributed by atoms with Crippen molar-refractivity contribution in [2.24, 2.45) is 0 Å². The van der Waals surface area contributed by atoms with Crippen molar-refractivity contribution in [1.82, 2.24) is 4.90 Å². The molecular weight excluding hydrogens is 254 g/mol. The number of aromatic carboxylic acids is 1. The lowest BCUT2D eigenvalue weighted by Crippen LogP contribution is -2.26. The van der Waals surface area contributed by atoms with Gasteiger partial charge in [0, 0.05) is 18.4 Å². The second-order valence-electron chi connectivity index (χ2n) is 3.90. The molecule has 1 atom stereocenters. The van der Waals surface area contributed by atoms with Gasteiger partial charge in [0.1, 0.15) is 0 Å². The molecule has 94 valence electrons. The highest BCUT2D eigenvalue weighted by molar-refractivity contribution is 8.00. The monoisotopic (exact) mass is 265 g/mol. The Bertz CT molecular complexity index is 529. The molecule has 0 aliphatic carbocycles. The van der Waals surface area contributed by atoms with E-state index in [1.807, 2.05) is 0 Å². The van der Waals surface area contributed by atoms with E-state index in [0.717, 1.165) is 16.7 Å². The van der Waals surface area contributed by atoms with E-state index < -0.39 is 11.2 Å². The molecular formula is C12H11NO4S. The predicted molar refractivity (Wildman–Crippen MR) is 65.4 cm³/mol. The number of amides is 2. The summed E-state index contributed by atoms with van der Waals surface area (Å²) in [4.78, 5) is 35.7. The number of hydrogen-bond donors (Lipinski definition) is 1. The van der Waals surface area contributed by atoms with E-state index in [2.05, 4.69) is 0 Å². The van der Waals surface area contributed by atoms with Gasteiger partial charge < -0.3 is 5.11 Å². The van der Waals surface area contributed by atoms with Gasteiger partial charge in [-0.05, 0) is 12.1 Å². The molecule has 18 heavy (non-hydrogen) atoms. The number of rotatable bonds is 3. The Morgan fingerprint density at radius 1 is 1.39 bits per heavy atom. The van der Waals surface area contributed by atoms with Crippen LogP contribution in [0.25, 0.3) is 0 Å². The first-order valence-corrected chi connectivity index (χ1v) is 6.18. The van der Waals surface area contributed by atoms with E-state index in [9.17, 15) is 14.4 Å². The quantitative estimate of drug-likeness (QED) is 0.832. The number of carboxylic acids is 1. The molecule has 0 bridgehead atoms. The molecule has 0 aromatic heterocycles. The number of carbonyl (C=O) groups is 3. The van der Waals surface area contributed by atoms with Crippen molar-refractivity contribution in [2.45, 2.75) is 16.6 Å². The normalized spacial score (nSPS) is 19.4. The van der Waals surface area contributed by atoms with Crippen molar-refractivity contribution in [3.8, 4) is 0 Å². The van der Waals surface area contributed by atoms with Crippen LogP contribution in [0.1, 0.15) is 16.8 Å². The second kappa shape index (κ2) is 4.81. The summed E-state index contributed by atoms with van der Waals surface area (Å²) in [7, 11) is 1.44. The molecule has 2 amide bonds. The summed E-state index contributed by atoms with van der Waals surface area (Å²) >= 11 is 1.13. The van der Waals surface area contributed by atoms with Gasteiger partial charge in [-0.3, -0.25) is 14.5 Å². The third-order valence-corrected chi connectivity index (χ3v) is 3.99. The second-order valence-corrected chi connectivity index (χ2v) is 5.15. The molecule has 5 nitrogen and oxygen atoms in total. The zero-order chi connectivity index (χ0) is 13.3. The van der Waals surface area contributed by atoms with Gasteiger partial charge in [0.15, 0.2) is 0 Å². The van der Waals surface area contributed by atoms with Crippen molar-refractivity contribution >= 4 is 29.5 Å². The van der Waals surface area contributed by atoms with Gasteiger partial charge in [-0.25, -0.2) is 4.79 Å². The molecule has 1 aromatic carbocycles. The lowest BCUT2D eigenvalue weighted by molar-refractivity contribution is -0.136. The highest BCUT2D eigenvalue weighted by Gasteiger charge is 2.37. The van der Waals surface area contributed by atoms with Gasteiger partial charge >= 0.3 is 5.97 Å². The topological polar surface area (TPSA) is 74.7 Å². The molecule has 1 heterocycles. The van der Waals surface area contributed by atoms with E-state index >= 15 is 0 Å². The zero-order valence-electron chi connectivity index (χ0n) is 9.62. The first-order valence-electron chi connectivity index (χ1n) is 5.30. The van der Waals surface area contributed by atoms with E-state index in [4.69, 9.17) is 5.11 Å². The van der Waals surface area contributed by atoms with Crippen LogP contribution < -0.4 is 0 Å². The third-order valence-electron chi connectivity index (χ3n) is 2.73. The van der Waals surface area contributed by atoms with Gasteiger partial charge in [0.05, 0.1) is 10.8 Å². The van der Waals surface area contributed by atoms with Crippen molar-refractivity contribution in [2.75, 3.05) is 7.05 Å². The summed E-state index contributed by atoms with van der Waals surface area (Å²) in [5, 5.41) is 8.51. The first kappa shape index (κ1) is 12.6. The van der Waals surface area contributed by atoms with E-state index in [1.165, 1.54) is 13.1 Å². The van der Waals surface area contributed by atoms with Crippen LogP contribution >= 0.6 is 11.8 Å². The number of likely N-dealkylation sites (tertiary alicyclic amines) is 1. The molecule has 1 saturated heterocycles. The van der Waals surface area contributed by atoms with Gasteiger partial charge in [-0.15, -0.1) is 11.8 Å². The van der Waals surface area contributed by atoms with Crippen LogP contribution in [0.4, 0.5) is 0 Å². The molecule has 6 heteroatoms. The summed E-state index contributed by atoms with van der Waals surface area (Å²) in [6.07, 6.45) is 0.119. The Morgan fingerprint density at radius 3 is 2.61 bits per heavy atom. The summed E-state index contributed by atoms with van der Waals surface area (Å²) in [6, 6.07) is 6.46. The summed E-state index contributed by atoms with van der Waals surface area (Å²) in [6.45, 7) is 0. The van der Waals surface area contributed by atoms with Crippen LogP contribution in [-0.2, 0) is 9.59 Å². The van der Waals surface area contributed by atoms with Crippen molar-refractivity contribution in [3.63, 3.8) is 0 Å². The van der Waals surface area contributed by atoms with Gasteiger partial charge in [0.25, 0.3) is 0 Å². The van der Waals surface area contributed by atoms with Gasteiger partial charge in [0.2, 0.25) is 11.8 Å². The molecule has 0 unspecified atom stereocenters. The van der Waals surface area contributed by atoms with Crippen molar-refractivity contribution < 1.29 is 19.5 Å². The Morgan fingerprint density at radius 2 is 2.06 bits per heavy atom. The number of nitrogens with zero attached hydrogens (tertiary/aromatic N) is 1. The molecule has 0 saturated carbocycles. The molecule has 2 rings (SSSR count). The van der Waals surface area contributed by atoms with Gasteiger partial charge in [-0.1, -0.05) is 12.1 Å². The molecule has 1 aliphatic rings. The highest BCUT2D eigenvalue weighted by atomic mass is 32.2. The van der Waals surface area contributed by atoms with Crippen LogP contribution in [0.15, 0.2) is 29.2 Å². The molecule has 1 aromatic rings. The summed E-state index contributed by atoms with van der Waals surface area (Å²) in [5.41, 5.74) is 0.150. The average Bonchev–Trinajstić information content (AvgIpc) is 2.57. The standard InChI is InChI=1S/C12H11NO4S/c1-13-10(14)6-9(11(13)15)18-8-5-3-2-4-7(8)12(16)17/h2-5,9H,6H2,1H3,(H,16,17)/t9-/m1/s1. The minimum atomic E-state index is -1.04. The van der Waals surface area contributed by atoms with E-state index in [-0.39, 0.29) is 23.8 Å². The largest absolute Gasteiger partial charge is 0.478 e. The van der Waals surface area contributed by atoms with Crippen LogP contribution in [-0.4, -0.2) is 40.1 Å². The molecule has 1 N–H and O–H groups in total. The SMILES string of the molecule is CN1C(=O)C[C@@H](Sc2ccccc2C(=O)O)C1=O. The number of carboxylic acid groups (broad SMARTS) is 1. The minimum Gasteiger partial charge on any atom is -0.478 e. The zero-order valence-corrected chi connectivity index (χ0v) is 10.4. The van der Waals surface area contributed by atoms with Crippen LogP contribution in [0, 0.1) is 0 Å². The minimum absolute atomic E-state index is 0.119. The highest BCUT2D eigenvalue weighted by Crippen LogP contribution is 2.32. The lowest BCUT2D eigenvalue weighted by Gasteiger charge is -2.10. The average molecular weight is 265 g/mol. The fourth-order valence-electron chi connectivity index (χ4n) is 1.71. The van der Waals surface area contributed by atoms with Crippen LogP contribution in [0.3, 0.4) is 0 Å². The lowest BCUT2D eigenvalue weighted by atomic mass is 10.2. The first-order chi connectivity index (χ1) is 8.50. The molecule has 1 fully saturated rings. The molecule has 1 aliphatic heterocycles. The fourth-order valence-corrected chi connectivity index (χ4v) is 2.94. The number of hydrogen-bond acceptors (Lipinski definition) is 4. The Hall–Kier alpha value is -1.82. The summed E-state index contributed by atoms with van der Waals surface area (Å²) in [5.74, 6) is -1.54. The van der Waals surface area contributed by atoms with Crippen LogP contribution in [0.2, 0.25) is 0 Å². The smallest absolute Gasteiger partial charge is 0.336 e. The van der Waals surface area contributed by atoms with Crippen LogP contribution in [0.5, 0.6) is 0 Å². The van der Waals surface area contributed by atoms with Gasteiger partial charge in [-0.2, -0.15) is 0 Å². The number of carbonyl (C=O) groups excluding carboxylic acids is 2.